The van der Waals surface area contributed by atoms with Gasteiger partial charge >= 0.3 is 0 Å². The van der Waals surface area contributed by atoms with Crippen molar-refractivity contribution in [1.82, 2.24) is 16.1 Å². The van der Waals surface area contributed by atoms with E-state index in [0.717, 1.165) is 21.9 Å². The smallest absolute Gasteiger partial charge is 0.247 e. The molecule has 3 amide bonds. The number of carbonyl (C=O) groups excluding carboxylic acids is 3. The van der Waals surface area contributed by atoms with Gasteiger partial charge in [0.05, 0.1) is 17.6 Å². The molecule has 0 aliphatic heterocycles. The summed E-state index contributed by atoms with van der Waals surface area (Å²) in [6.07, 6.45) is 0.747. The second kappa shape index (κ2) is 15.3. The number of hydrogen-bond donors (Lipinski definition) is 5. The summed E-state index contributed by atoms with van der Waals surface area (Å²) < 4.78 is 20.1. The molecule has 0 aliphatic carbocycles. The third-order valence-electron chi connectivity index (χ3n) is 6.76. The highest BCUT2D eigenvalue weighted by Gasteiger charge is 2.36. The third-order valence-corrected chi connectivity index (χ3v) is 7.31. The highest BCUT2D eigenvalue weighted by Crippen LogP contribution is 2.27. The third kappa shape index (κ3) is 9.25. The zero-order valence-corrected chi connectivity index (χ0v) is 23.5. The van der Waals surface area contributed by atoms with Crippen molar-refractivity contribution in [2.75, 3.05) is 12.3 Å². The minimum absolute atomic E-state index is 0.0317. The Labute approximate surface area is 237 Å². The van der Waals surface area contributed by atoms with Gasteiger partial charge in [-0.2, -0.15) is 0 Å². The first-order valence-electron chi connectivity index (χ1n) is 13.3. The largest absolute Gasteiger partial charge is 0.353 e. The van der Waals surface area contributed by atoms with Crippen LogP contribution in [-0.4, -0.2) is 50.0 Å². The maximum atomic E-state index is 13.8. The molecular weight excluding hydrogens is 530 g/mol. The van der Waals surface area contributed by atoms with Gasteiger partial charge in [-0.15, -0.1) is 0 Å². The van der Waals surface area contributed by atoms with Gasteiger partial charge in [-0.3, -0.25) is 19.6 Å². The molecule has 214 valence electrons. The van der Waals surface area contributed by atoms with E-state index in [0.29, 0.717) is 6.42 Å². The van der Waals surface area contributed by atoms with E-state index in [1.54, 1.807) is 5.48 Å². The van der Waals surface area contributed by atoms with E-state index in [1.165, 1.54) is 0 Å². The van der Waals surface area contributed by atoms with Gasteiger partial charge in [-0.05, 0) is 40.7 Å². The van der Waals surface area contributed by atoms with E-state index in [9.17, 15) is 23.8 Å². The van der Waals surface area contributed by atoms with Crippen LogP contribution in [0.3, 0.4) is 0 Å². The molecule has 0 saturated carbocycles. The lowest BCUT2D eigenvalue weighted by Crippen LogP contribution is -2.52. The molecule has 0 radical (unpaired) electrons. The average molecular weight is 568 g/mol. The molecule has 0 aromatic heterocycles. The van der Waals surface area contributed by atoms with Gasteiger partial charge in [0, 0.05) is 13.0 Å². The molecule has 4 atom stereocenters. The Kier molecular flexibility index (Phi) is 11.8. The lowest BCUT2D eigenvalue weighted by atomic mass is 9.80. The Bertz CT molecular complexity index is 1320. The first kappa shape index (κ1) is 30.9. The molecule has 3 aromatic carbocycles. The van der Waals surface area contributed by atoms with Crippen molar-refractivity contribution >= 4 is 39.6 Å². The molecular formula is C30H37N3O6S. The molecule has 2 unspecified atom stereocenters. The summed E-state index contributed by atoms with van der Waals surface area (Å²) >= 11 is -2.07. The zero-order chi connectivity index (χ0) is 29.1. The number of fused-ring (bicyclic) bond motifs is 1. The number of amides is 3. The highest BCUT2D eigenvalue weighted by molar-refractivity contribution is 7.79. The molecule has 3 aromatic rings. The number of hydrogen-bond acceptors (Lipinski definition) is 5. The average Bonchev–Trinajstić information content (AvgIpc) is 2.94. The van der Waals surface area contributed by atoms with Crippen LogP contribution in [0.2, 0.25) is 0 Å². The number of hydroxylamine groups is 1. The van der Waals surface area contributed by atoms with Crippen molar-refractivity contribution in [2.45, 2.75) is 39.2 Å². The summed E-state index contributed by atoms with van der Waals surface area (Å²) in [6, 6.07) is 21.8. The fourth-order valence-corrected chi connectivity index (χ4v) is 5.08. The molecule has 5 N–H and O–H groups in total. The standard InChI is InChI=1S/C30H37N3O6S/c1-20(2)16-25(26(29(35)33-37)18-22-12-13-23-10-6-7-11-24(23)17-22)28(34)32-27(19-21-8-4-3-5-9-21)30(36)31-14-15-40(38)39/h3-13,17,20,25-27,37H,14-16,18-19H2,1-2H3,(H,31,36)(H,32,34)(H,33,35)(H,38,39)/t25-,26?,27+/m1/s1. The lowest BCUT2D eigenvalue weighted by molar-refractivity contribution is -0.141. The molecule has 9 nitrogen and oxygen atoms in total. The maximum Gasteiger partial charge on any atom is 0.247 e. The molecule has 0 saturated heterocycles. The van der Waals surface area contributed by atoms with Crippen LogP contribution in [-0.2, 0) is 38.3 Å². The van der Waals surface area contributed by atoms with Crippen LogP contribution in [0, 0.1) is 17.8 Å². The highest BCUT2D eigenvalue weighted by atomic mass is 32.2. The molecule has 0 aliphatic rings. The minimum atomic E-state index is -2.07. The number of benzene rings is 3. The summed E-state index contributed by atoms with van der Waals surface area (Å²) in [6.45, 7) is 3.84. The Balaban J connectivity index is 1.88. The monoisotopic (exact) mass is 567 g/mol. The molecule has 0 heterocycles. The second-order valence-electron chi connectivity index (χ2n) is 10.3. The fourth-order valence-electron chi connectivity index (χ4n) is 4.80. The summed E-state index contributed by atoms with van der Waals surface area (Å²) in [4.78, 5) is 39.8. The van der Waals surface area contributed by atoms with Crippen molar-refractivity contribution in [3.8, 4) is 0 Å². The molecule has 0 fully saturated rings. The Hall–Kier alpha value is -3.60. The van der Waals surface area contributed by atoms with Crippen molar-refractivity contribution < 1.29 is 28.4 Å². The van der Waals surface area contributed by atoms with E-state index >= 15 is 0 Å². The van der Waals surface area contributed by atoms with Crippen LogP contribution in [0.5, 0.6) is 0 Å². The van der Waals surface area contributed by atoms with Crippen molar-refractivity contribution in [1.29, 1.82) is 0 Å². The van der Waals surface area contributed by atoms with E-state index in [4.69, 9.17) is 4.55 Å². The SMILES string of the molecule is CC(C)C[C@@H](C(=O)N[C@@H](Cc1ccccc1)C(=O)NCCS(=O)O)C(Cc1ccc2ccccc2c1)C(=O)NO. The van der Waals surface area contributed by atoms with E-state index < -0.39 is 46.7 Å². The van der Waals surface area contributed by atoms with Crippen LogP contribution < -0.4 is 16.1 Å². The predicted octanol–water partition coefficient (Wildman–Crippen LogP) is 3.23. The van der Waals surface area contributed by atoms with Gasteiger partial charge in [0.2, 0.25) is 17.7 Å². The summed E-state index contributed by atoms with van der Waals surface area (Å²) in [7, 11) is 0. The lowest BCUT2D eigenvalue weighted by Gasteiger charge is -2.28. The van der Waals surface area contributed by atoms with Crippen molar-refractivity contribution in [3.63, 3.8) is 0 Å². The van der Waals surface area contributed by atoms with Crippen LogP contribution in [0.15, 0.2) is 72.8 Å². The Morgan fingerprint density at radius 3 is 2.12 bits per heavy atom. The zero-order valence-electron chi connectivity index (χ0n) is 22.7. The van der Waals surface area contributed by atoms with E-state index in [2.05, 4.69) is 10.6 Å². The minimum Gasteiger partial charge on any atom is -0.353 e. The molecule has 0 bridgehead atoms. The second-order valence-corrected chi connectivity index (χ2v) is 11.3. The topological polar surface area (TPSA) is 145 Å². The van der Waals surface area contributed by atoms with Crippen LogP contribution in [0.25, 0.3) is 10.8 Å². The van der Waals surface area contributed by atoms with Gasteiger partial charge in [-0.25, -0.2) is 9.69 Å². The predicted molar refractivity (Wildman–Crippen MR) is 155 cm³/mol. The number of rotatable bonds is 14. The van der Waals surface area contributed by atoms with Crippen molar-refractivity contribution in [3.05, 3.63) is 83.9 Å². The van der Waals surface area contributed by atoms with E-state index in [-0.39, 0.29) is 31.1 Å². The summed E-state index contributed by atoms with van der Waals surface area (Å²) in [5.41, 5.74) is 3.39. The molecule has 0 spiro atoms. The first-order valence-corrected chi connectivity index (χ1v) is 14.6. The van der Waals surface area contributed by atoms with E-state index in [1.807, 2.05) is 86.6 Å². The molecule has 40 heavy (non-hydrogen) atoms. The van der Waals surface area contributed by atoms with Gasteiger partial charge < -0.3 is 15.2 Å². The Morgan fingerprint density at radius 2 is 1.48 bits per heavy atom. The van der Waals surface area contributed by atoms with Crippen LogP contribution in [0.1, 0.15) is 31.4 Å². The summed E-state index contributed by atoms with van der Waals surface area (Å²) in [5, 5.41) is 17.1. The number of nitrogens with one attached hydrogen (secondary N) is 3. The summed E-state index contributed by atoms with van der Waals surface area (Å²) in [5.74, 6) is -3.49. The Morgan fingerprint density at radius 1 is 0.800 bits per heavy atom. The van der Waals surface area contributed by atoms with Gasteiger partial charge in [0.25, 0.3) is 0 Å². The maximum absolute atomic E-state index is 13.8. The van der Waals surface area contributed by atoms with Gasteiger partial charge in [0.1, 0.15) is 6.04 Å². The molecule has 3 rings (SSSR count). The van der Waals surface area contributed by atoms with Gasteiger partial charge in [0.15, 0.2) is 11.1 Å². The van der Waals surface area contributed by atoms with Crippen LogP contribution >= 0.6 is 0 Å². The number of carbonyl (C=O) groups is 3. The molecule has 10 heteroatoms. The fraction of sp³-hybridized carbons (Fsp3) is 0.367. The quantitative estimate of drug-likeness (QED) is 0.115. The normalized spacial score (nSPS) is 14.2. The van der Waals surface area contributed by atoms with Gasteiger partial charge in [-0.1, -0.05) is 86.6 Å². The first-order chi connectivity index (χ1) is 19.2. The van der Waals surface area contributed by atoms with Crippen molar-refractivity contribution in [2.24, 2.45) is 17.8 Å². The van der Waals surface area contributed by atoms with Crippen LogP contribution in [0.4, 0.5) is 0 Å².